The van der Waals surface area contributed by atoms with Crippen LogP contribution >= 0.6 is 0 Å². The van der Waals surface area contributed by atoms with Crippen molar-refractivity contribution in [1.82, 2.24) is 0 Å². The standard InChI is InChI=1S/C36H52O5SSi2/c1-35(2,3)44(33-20-14-10-15-21-33,34-22-16-11-17-23-34)39-25-24-29-26-30(41-36(4,5)40-29)27-32(28-43(6,7)8)42(37,38)31-18-12-9-13-19-31/h9-23,29-30,32H,24-28H2,1-8H3/t29-,30-,32?/m0/s1. The van der Waals surface area contributed by atoms with Gasteiger partial charge in [-0.2, -0.15) is 0 Å². The molecule has 1 heterocycles. The Kier molecular flexibility index (Phi) is 10.9. The summed E-state index contributed by atoms with van der Waals surface area (Å²) in [5.41, 5.74) is 0. The first-order valence-electron chi connectivity index (χ1n) is 15.9. The van der Waals surface area contributed by atoms with Gasteiger partial charge in [0.1, 0.15) is 0 Å². The minimum absolute atomic E-state index is 0.103. The molecule has 5 nitrogen and oxygen atoms in total. The molecule has 1 fully saturated rings. The van der Waals surface area contributed by atoms with E-state index in [1.54, 1.807) is 24.3 Å². The largest absolute Gasteiger partial charge is 0.407 e. The summed E-state index contributed by atoms with van der Waals surface area (Å²) in [5, 5.41) is 1.91. The molecule has 0 radical (unpaired) electrons. The average molecular weight is 653 g/mol. The number of benzene rings is 3. The normalized spacial score (nSPS) is 20.3. The number of ether oxygens (including phenoxy) is 2. The Morgan fingerprint density at radius 1 is 0.818 bits per heavy atom. The summed E-state index contributed by atoms with van der Waals surface area (Å²) >= 11 is 0. The van der Waals surface area contributed by atoms with E-state index >= 15 is 0 Å². The van der Waals surface area contributed by atoms with Crippen molar-refractivity contribution < 1.29 is 22.3 Å². The monoisotopic (exact) mass is 652 g/mol. The second-order valence-corrected chi connectivity index (χ2v) is 27.0. The fraction of sp³-hybridized carbons (Fsp3) is 0.500. The molecular weight excluding hydrogens is 601 g/mol. The predicted octanol–water partition coefficient (Wildman–Crippen LogP) is 7.43. The highest BCUT2D eigenvalue weighted by Gasteiger charge is 2.50. The third-order valence-corrected chi connectivity index (χ3v) is 17.7. The van der Waals surface area contributed by atoms with Crippen molar-refractivity contribution in [2.45, 2.75) is 113 Å². The molecule has 240 valence electrons. The van der Waals surface area contributed by atoms with Crippen molar-refractivity contribution >= 4 is 36.6 Å². The fourth-order valence-electron chi connectivity index (χ4n) is 6.74. The molecule has 0 bridgehead atoms. The van der Waals surface area contributed by atoms with E-state index in [2.05, 4.69) is 101 Å². The van der Waals surface area contributed by atoms with Crippen LogP contribution in [-0.4, -0.2) is 54.7 Å². The van der Waals surface area contributed by atoms with Crippen molar-refractivity contribution in [3.8, 4) is 0 Å². The van der Waals surface area contributed by atoms with Gasteiger partial charge in [-0.3, -0.25) is 0 Å². The van der Waals surface area contributed by atoms with E-state index in [0.29, 0.717) is 36.8 Å². The van der Waals surface area contributed by atoms with Crippen LogP contribution in [-0.2, 0) is 23.7 Å². The molecular formula is C36H52O5SSi2. The molecule has 3 aromatic carbocycles. The predicted molar refractivity (Wildman–Crippen MR) is 187 cm³/mol. The molecule has 3 aromatic rings. The third kappa shape index (κ3) is 8.39. The fourth-order valence-corrected chi connectivity index (χ4v) is 16.6. The highest BCUT2D eigenvalue weighted by Crippen LogP contribution is 2.38. The van der Waals surface area contributed by atoms with Crippen molar-refractivity contribution in [3.05, 3.63) is 91.0 Å². The molecule has 0 aliphatic carbocycles. The Hall–Kier alpha value is -2.08. The van der Waals surface area contributed by atoms with E-state index in [9.17, 15) is 8.42 Å². The van der Waals surface area contributed by atoms with Crippen LogP contribution in [0.3, 0.4) is 0 Å². The number of hydrogen-bond donors (Lipinski definition) is 0. The van der Waals surface area contributed by atoms with Gasteiger partial charge in [-0.25, -0.2) is 8.42 Å². The van der Waals surface area contributed by atoms with Crippen LogP contribution in [0.15, 0.2) is 95.9 Å². The second-order valence-electron chi connectivity index (χ2n) is 14.9. The lowest BCUT2D eigenvalue weighted by Crippen LogP contribution is -2.66. The van der Waals surface area contributed by atoms with Gasteiger partial charge in [0.2, 0.25) is 0 Å². The Morgan fingerprint density at radius 2 is 1.30 bits per heavy atom. The highest BCUT2D eigenvalue weighted by atomic mass is 32.2. The van der Waals surface area contributed by atoms with Gasteiger partial charge >= 0.3 is 0 Å². The number of sulfone groups is 1. The molecule has 1 aliphatic rings. The molecule has 1 saturated heterocycles. The molecule has 8 heteroatoms. The molecule has 0 saturated carbocycles. The zero-order valence-corrected chi connectivity index (χ0v) is 30.7. The topological polar surface area (TPSA) is 61.8 Å². The molecule has 0 amide bonds. The average Bonchev–Trinajstić information content (AvgIpc) is 2.94. The van der Waals surface area contributed by atoms with Crippen LogP contribution in [0.2, 0.25) is 30.7 Å². The quantitative estimate of drug-likeness (QED) is 0.191. The Morgan fingerprint density at radius 3 is 1.77 bits per heavy atom. The van der Waals surface area contributed by atoms with Gasteiger partial charge in [0, 0.05) is 21.1 Å². The molecule has 1 unspecified atom stereocenters. The van der Waals surface area contributed by atoms with Crippen LogP contribution in [0.5, 0.6) is 0 Å². The Labute approximate surface area is 268 Å². The number of rotatable bonds is 12. The Balaban J connectivity index is 1.56. The van der Waals surface area contributed by atoms with Crippen molar-refractivity contribution in [3.63, 3.8) is 0 Å². The van der Waals surface area contributed by atoms with Crippen LogP contribution in [0.1, 0.15) is 53.9 Å². The Bertz CT molecular complexity index is 1390. The lowest BCUT2D eigenvalue weighted by atomic mass is 10.0. The van der Waals surface area contributed by atoms with E-state index in [-0.39, 0.29) is 17.2 Å². The molecule has 3 atom stereocenters. The van der Waals surface area contributed by atoms with Gasteiger partial charge < -0.3 is 13.9 Å². The molecule has 4 rings (SSSR count). The van der Waals surface area contributed by atoms with E-state index < -0.39 is 37.3 Å². The van der Waals surface area contributed by atoms with Crippen molar-refractivity contribution in [2.75, 3.05) is 6.61 Å². The summed E-state index contributed by atoms with van der Waals surface area (Å²) in [7, 11) is -7.88. The summed E-state index contributed by atoms with van der Waals surface area (Å²) in [6, 6.07) is 30.9. The first-order chi connectivity index (χ1) is 20.5. The zero-order valence-electron chi connectivity index (χ0n) is 27.9. The lowest BCUT2D eigenvalue weighted by molar-refractivity contribution is -0.301. The van der Waals surface area contributed by atoms with Crippen LogP contribution in [0.4, 0.5) is 0 Å². The smallest absolute Gasteiger partial charge is 0.261 e. The van der Waals surface area contributed by atoms with Gasteiger partial charge in [-0.15, -0.1) is 0 Å². The molecule has 0 N–H and O–H groups in total. The summed E-state index contributed by atoms with van der Waals surface area (Å²) in [6.45, 7) is 18.0. The minimum Gasteiger partial charge on any atom is -0.407 e. The highest BCUT2D eigenvalue weighted by molar-refractivity contribution is 7.92. The summed E-state index contributed by atoms with van der Waals surface area (Å²) in [4.78, 5) is 0.393. The van der Waals surface area contributed by atoms with Gasteiger partial charge in [0.15, 0.2) is 15.6 Å². The van der Waals surface area contributed by atoms with E-state index in [0.717, 1.165) is 0 Å². The maximum atomic E-state index is 13.9. The van der Waals surface area contributed by atoms with Crippen molar-refractivity contribution in [2.24, 2.45) is 0 Å². The van der Waals surface area contributed by atoms with Crippen LogP contribution < -0.4 is 10.4 Å². The zero-order chi connectivity index (χ0) is 32.2. The molecule has 1 aliphatic heterocycles. The molecule has 0 spiro atoms. The van der Waals surface area contributed by atoms with Crippen LogP contribution in [0, 0.1) is 0 Å². The first-order valence-corrected chi connectivity index (χ1v) is 23.1. The first kappa shape index (κ1) is 34.8. The molecule has 0 aromatic heterocycles. The van der Waals surface area contributed by atoms with Gasteiger partial charge in [0.05, 0.1) is 22.4 Å². The third-order valence-electron chi connectivity index (χ3n) is 8.48. The van der Waals surface area contributed by atoms with Gasteiger partial charge in [0.25, 0.3) is 8.32 Å². The minimum atomic E-state index is -3.51. The van der Waals surface area contributed by atoms with Crippen molar-refractivity contribution in [1.29, 1.82) is 0 Å². The summed E-state index contributed by atoms with van der Waals surface area (Å²) < 4.78 is 47.8. The second kappa shape index (κ2) is 13.7. The molecule has 44 heavy (non-hydrogen) atoms. The maximum Gasteiger partial charge on any atom is 0.261 e. The van der Waals surface area contributed by atoms with E-state index in [1.807, 2.05) is 19.9 Å². The number of hydrogen-bond acceptors (Lipinski definition) is 5. The summed E-state index contributed by atoms with van der Waals surface area (Å²) in [6.07, 6.45) is 1.48. The maximum absolute atomic E-state index is 13.9. The summed E-state index contributed by atoms with van der Waals surface area (Å²) in [5.74, 6) is -0.814. The van der Waals surface area contributed by atoms with E-state index in [4.69, 9.17) is 13.9 Å². The van der Waals surface area contributed by atoms with Gasteiger partial charge in [-0.05, 0) is 60.3 Å². The van der Waals surface area contributed by atoms with E-state index in [1.165, 1.54) is 10.4 Å². The SMILES string of the molecule is CC1(C)O[C@H](CC(C[Si](C)(C)C)S(=O)(=O)c2ccccc2)C[C@H](CCO[Si](c2ccccc2)(c2ccccc2)C(C)(C)C)O1. The lowest BCUT2D eigenvalue weighted by Gasteiger charge is -2.44. The van der Waals surface area contributed by atoms with Crippen LogP contribution in [0.25, 0.3) is 0 Å². The van der Waals surface area contributed by atoms with Gasteiger partial charge in [-0.1, -0.05) is 119 Å².